The Morgan fingerprint density at radius 2 is 1.50 bits per heavy atom. The van der Waals surface area contributed by atoms with E-state index in [4.69, 9.17) is 4.74 Å². The van der Waals surface area contributed by atoms with Gasteiger partial charge in [0.2, 0.25) is 0 Å². The van der Waals surface area contributed by atoms with Gasteiger partial charge in [-0.3, -0.25) is 4.79 Å². The van der Waals surface area contributed by atoms with E-state index in [2.05, 4.69) is 6.92 Å². The van der Waals surface area contributed by atoms with E-state index < -0.39 is 5.97 Å². The second-order valence-electron chi connectivity index (χ2n) is 6.82. The average molecular weight is 312 g/mol. The minimum Gasteiger partial charge on any atom is -0.481 e. The van der Waals surface area contributed by atoms with E-state index in [1.54, 1.807) is 0 Å². The molecule has 0 spiro atoms. The first-order valence-electron chi connectivity index (χ1n) is 9.60. The molecule has 1 rings (SSSR count). The van der Waals surface area contributed by atoms with Crippen molar-refractivity contribution in [2.24, 2.45) is 5.92 Å². The lowest BCUT2D eigenvalue weighted by Gasteiger charge is -2.26. The van der Waals surface area contributed by atoms with Crippen LogP contribution in [0.4, 0.5) is 0 Å². The van der Waals surface area contributed by atoms with Gasteiger partial charge in [-0.15, -0.1) is 0 Å². The van der Waals surface area contributed by atoms with Crippen LogP contribution >= 0.6 is 0 Å². The normalized spacial score (nSPS) is 23.0. The Morgan fingerprint density at radius 3 is 2.14 bits per heavy atom. The van der Waals surface area contributed by atoms with Crippen molar-refractivity contribution in [2.45, 2.75) is 103 Å². The van der Waals surface area contributed by atoms with E-state index in [0.717, 1.165) is 38.7 Å². The van der Waals surface area contributed by atoms with Gasteiger partial charge in [0.25, 0.3) is 0 Å². The monoisotopic (exact) mass is 312 g/mol. The molecule has 130 valence electrons. The molecule has 1 aliphatic carbocycles. The van der Waals surface area contributed by atoms with Gasteiger partial charge in [-0.05, 0) is 19.3 Å². The molecule has 0 aliphatic heterocycles. The zero-order valence-corrected chi connectivity index (χ0v) is 14.5. The SMILES string of the molecule is CCCCCCCCCCOC1CCCCCCC1C(=O)O. The van der Waals surface area contributed by atoms with Crippen LogP contribution in [0.15, 0.2) is 0 Å². The van der Waals surface area contributed by atoms with Crippen molar-refractivity contribution in [3.63, 3.8) is 0 Å². The van der Waals surface area contributed by atoms with E-state index in [-0.39, 0.29) is 12.0 Å². The Morgan fingerprint density at radius 1 is 0.909 bits per heavy atom. The minimum absolute atomic E-state index is 0.0534. The summed E-state index contributed by atoms with van der Waals surface area (Å²) in [7, 11) is 0. The molecule has 0 aromatic carbocycles. The van der Waals surface area contributed by atoms with E-state index in [1.165, 1.54) is 57.8 Å². The second-order valence-corrected chi connectivity index (χ2v) is 6.82. The molecule has 1 N–H and O–H groups in total. The third-order valence-corrected chi connectivity index (χ3v) is 4.85. The van der Waals surface area contributed by atoms with Crippen molar-refractivity contribution >= 4 is 5.97 Å². The highest BCUT2D eigenvalue weighted by Crippen LogP contribution is 2.25. The average Bonchev–Trinajstić information content (AvgIpc) is 2.47. The van der Waals surface area contributed by atoms with Crippen LogP contribution in [0, 0.1) is 5.92 Å². The Balaban J connectivity index is 2.11. The van der Waals surface area contributed by atoms with Crippen molar-refractivity contribution in [1.29, 1.82) is 0 Å². The van der Waals surface area contributed by atoms with Crippen molar-refractivity contribution in [3.8, 4) is 0 Å². The lowest BCUT2D eigenvalue weighted by molar-refractivity contribution is -0.148. The number of hydrogen-bond donors (Lipinski definition) is 1. The van der Waals surface area contributed by atoms with Gasteiger partial charge in [-0.2, -0.15) is 0 Å². The summed E-state index contributed by atoms with van der Waals surface area (Å²) in [6, 6.07) is 0. The van der Waals surface area contributed by atoms with Gasteiger partial charge in [0.05, 0.1) is 12.0 Å². The predicted octanol–water partition coefficient (Wildman–Crippen LogP) is 5.57. The van der Waals surface area contributed by atoms with Gasteiger partial charge in [0.15, 0.2) is 0 Å². The molecule has 1 fully saturated rings. The summed E-state index contributed by atoms with van der Waals surface area (Å²) < 4.78 is 5.96. The topological polar surface area (TPSA) is 46.5 Å². The number of ether oxygens (including phenoxy) is 1. The predicted molar refractivity (Wildman–Crippen MR) is 91.2 cm³/mol. The first kappa shape index (κ1) is 19.5. The summed E-state index contributed by atoms with van der Waals surface area (Å²) in [5.41, 5.74) is 0. The molecular weight excluding hydrogens is 276 g/mol. The Hall–Kier alpha value is -0.570. The van der Waals surface area contributed by atoms with Crippen molar-refractivity contribution in [3.05, 3.63) is 0 Å². The van der Waals surface area contributed by atoms with Crippen molar-refractivity contribution in [1.82, 2.24) is 0 Å². The van der Waals surface area contributed by atoms with E-state index in [0.29, 0.717) is 0 Å². The lowest BCUT2D eigenvalue weighted by atomic mass is 9.88. The number of carbonyl (C=O) groups is 1. The Bertz CT molecular complexity index is 278. The number of carboxylic acids is 1. The second kappa shape index (κ2) is 12.9. The van der Waals surface area contributed by atoms with Crippen LogP contribution in [-0.2, 0) is 9.53 Å². The van der Waals surface area contributed by atoms with Crippen LogP contribution in [0.1, 0.15) is 96.8 Å². The molecule has 0 amide bonds. The molecular formula is C19H36O3. The van der Waals surface area contributed by atoms with Crippen molar-refractivity contribution in [2.75, 3.05) is 6.61 Å². The quantitative estimate of drug-likeness (QED) is 0.507. The fourth-order valence-electron chi connectivity index (χ4n) is 3.40. The number of hydrogen-bond acceptors (Lipinski definition) is 2. The highest BCUT2D eigenvalue weighted by molar-refractivity contribution is 5.70. The molecule has 2 atom stereocenters. The van der Waals surface area contributed by atoms with E-state index in [1.807, 2.05) is 0 Å². The van der Waals surface area contributed by atoms with E-state index >= 15 is 0 Å². The number of unbranched alkanes of at least 4 members (excludes halogenated alkanes) is 7. The summed E-state index contributed by atoms with van der Waals surface area (Å²) in [6.45, 7) is 2.99. The zero-order valence-electron chi connectivity index (χ0n) is 14.5. The molecule has 22 heavy (non-hydrogen) atoms. The third-order valence-electron chi connectivity index (χ3n) is 4.85. The van der Waals surface area contributed by atoms with Crippen LogP contribution in [0.25, 0.3) is 0 Å². The van der Waals surface area contributed by atoms with Gasteiger partial charge >= 0.3 is 5.97 Å². The molecule has 0 bridgehead atoms. The van der Waals surface area contributed by atoms with Gasteiger partial charge < -0.3 is 9.84 Å². The van der Waals surface area contributed by atoms with Gasteiger partial charge in [0.1, 0.15) is 0 Å². The molecule has 3 heteroatoms. The van der Waals surface area contributed by atoms with Gasteiger partial charge in [0, 0.05) is 6.61 Å². The van der Waals surface area contributed by atoms with Gasteiger partial charge in [-0.25, -0.2) is 0 Å². The third kappa shape index (κ3) is 8.77. The molecule has 0 radical (unpaired) electrons. The summed E-state index contributed by atoms with van der Waals surface area (Å²) in [6.07, 6.45) is 16.5. The highest BCUT2D eigenvalue weighted by atomic mass is 16.5. The van der Waals surface area contributed by atoms with Crippen LogP contribution in [0.2, 0.25) is 0 Å². The summed E-state index contributed by atoms with van der Waals surface area (Å²) >= 11 is 0. The zero-order chi connectivity index (χ0) is 16.0. The molecule has 0 saturated heterocycles. The number of carboxylic acid groups (broad SMARTS) is 1. The Kier molecular flexibility index (Phi) is 11.4. The van der Waals surface area contributed by atoms with Crippen molar-refractivity contribution < 1.29 is 14.6 Å². The number of aliphatic carboxylic acids is 1. The molecule has 0 aromatic heterocycles. The minimum atomic E-state index is -0.664. The maximum absolute atomic E-state index is 11.4. The molecule has 1 aliphatic rings. The smallest absolute Gasteiger partial charge is 0.309 e. The summed E-state index contributed by atoms with van der Waals surface area (Å²) in [4.78, 5) is 11.4. The largest absolute Gasteiger partial charge is 0.481 e. The first-order chi connectivity index (χ1) is 10.8. The fraction of sp³-hybridized carbons (Fsp3) is 0.947. The molecule has 1 saturated carbocycles. The highest BCUT2D eigenvalue weighted by Gasteiger charge is 2.29. The van der Waals surface area contributed by atoms with Crippen LogP contribution in [0.5, 0.6) is 0 Å². The summed E-state index contributed by atoms with van der Waals surface area (Å²) in [5.74, 6) is -0.947. The number of rotatable bonds is 11. The molecule has 2 unspecified atom stereocenters. The van der Waals surface area contributed by atoms with Gasteiger partial charge in [-0.1, -0.05) is 77.6 Å². The van der Waals surface area contributed by atoms with Crippen LogP contribution in [0.3, 0.4) is 0 Å². The fourth-order valence-corrected chi connectivity index (χ4v) is 3.40. The lowest BCUT2D eigenvalue weighted by Crippen LogP contribution is -2.32. The van der Waals surface area contributed by atoms with Crippen LogP contribution < -0.4 is 0 Å². The standard InChI is InChI=1S/C19H36O3/c1-2-3-4-5-6-7-10-13-16-22-18-15-12-9-8-11-14-17(18)19(20)21/h17-18H,2-16H2,1H3,(H,20,21). The summed E-state index contributed by atoms with van der Waals surface area (Å²) in [5, 5.41) is 9.39. The molecule has 3 nitrogen and oxygen atoms in total. The van der Waals surface area contributed by atoms with Crippen LogP contribution in [-0.4, -0.2) is 23.8 Å². The Labute approximate surface area is 136 Å². The maximum atomic E-state index is 11.4. The molecule has 0 aromatic rings. The molecule has 0 heterocycles. The first-order valence-corrected chi connectivity index (χ1v) is 9.60. The maximum Gasteiger partial charge on any atom is 0.309 e. The van der Waals surface area contributed by atoms with E-state index in [9.17, 15) is 9.90 Å².